The summed E-state index contributed by atoms with van der Waals surface area (Å²) in [6, 6.07) is 54.3. The Morgan fingerprint density at radius 2 is 0.627 bits per heavy atom. The number of aryl methyl sites for hydroxylation is 2. The molecule has 6 aromatic carbocycles. The van der Waals surface area contributed by atoms with Gasteiger partial charge in [-0.25, -0.2) is 0 Å². The van der Waals surface area contributed by atoms with Gasteiger partial charge in [-0.05, 0) is 72.2 Å². The molecule has 254 valence electrons. The molecular formula is C49H48N2. The first-order valence-electron chi connectivity index (χ1n) is 19.4. The smallest absolute Gasteiger partial charge is 0.0491 e. The number of nitrogens with zero attached hydrogens (tertiary/aromatic N) is 2. The molecule has 0 amide bonds. The lowest BCUT2D eigenvalue weighted by atomic mass is 9.70. The molecule has 0 radical (unpaired) electrons. The van der Waals surface area contributed by atoms with E-state index in [1.807, 2.05) is 0 Å². The van der Waals surface area contributed by atoms with Crippen molar-refractivity contribution in [2.75, 3.05) is 0 Å². The minimum Gasteiger partial charge on any atom is -0.340 e. The molecule has 0 saturated carbocycles. The maximum absolute atomic E-state index is 2.55. The van der Waals surface area contributed by atoms with E-state index < -0.39 is 0 Å². The summed E-state index contributed by atoms with van der Waals surface area (Å²) in [5.74, 6) is 0. The summed E-state index contributed by atoms with van der Waals surface area (Å²) in [5.41, 5.74) is 11.7. The molecule has 8 aromatic rings. The van der Waals surface area contributed by atoms with Crippen LogP contribution in [-0.4, -0.2) is 9.13 Å². The predicted molar refractivity (Wildman–Crippen MR) is 218 cm³/mol. The Hall–Kier alpha value is -5.08. The fraction of sp³-hybridized carbons (Fsp3) is 0.265. The molecule has 0 atom stereocenters. The van der Waals surface area contributed by atoms with Crippen LogP contribution in [0.4, 0.5) is 0 Å². The summed E-state index contributed by atoms with van der Waals surface area (Å²) in [6.07, 6.45) is 12.5. The van der Waals surface area contributed by atoms with Crippen LogP contribution in [-0.2, 0) is 18.5 Å². The van der Waals surface area contributed by atoms with Crippen molar-refractivity contribution in [3.8, 4) is 11.1 Å². The first kappa shape index (κ1) is 31.9. The fourth-order valence-electron chi connectivity index (χ4n) is 9.67. The molecule has 2 heterocycles. The van der Waals surface area contributed by atoms with Crippen LogP contribution in [0.2, 0.25) is 0 Å². The molecule has 1 aliphatic rings. The van der Waals surface area contributed by atoms with Gasteiger partial charge in [-0.2, -0.15) is 0 Å². The number of unbranched alkanes of at least 4 members (excludes halogenated alkanes) is 6. The quantitative estimate of drug-likeness (QED) is 0.102. The summed E-state index contributed by atoms with van der Waals surface area (Å²) < 4.78 is 5.10. The highest BCUT2D eigenvalue weighted by Gasteiger charge is 2.41. The van der Waals surface area contributed by atoms with Crippen molar-refractivity contribution in [3.63, 3.8) is 0 Å². The highest BCUT2D eigenvalue weighted by Crippen LogP contribution is 2.54. The van der Waals surface area contributed by atoms with Gasteiger partial charge < -0.3 is 9.13 Å². The third kappa shape index (κ3) is 5.66. The van der Waals surface area contributed by atoms with Crippen molar-refractivity contribution in [2.45, 2.75) is 82.7 Å². The average Bonchev–Trinajstić information content (AvgIpc) is 3.79. The molecule has 0 spiro atoms. The van der Waals surface area contributed by atoms with Crippen molar-refractivity contribution in [2.24, 2.45) is 0 Å². The van der Waals surface area contributed by atoms with Crippen molar-refractivity contribution < 1.29 is 0 Å². The number of para-hydroxylation sites is 4. The lowest BCUT2D eigenvalue weighted by Gasteiger charge is -2.33. The third-order valence-electron chi connectivity index (χ3n) is 12.0. The predicted octanol–water partition coefficient (Wildman–Crippen LogP) is 13.5. The van der Waals surface area contributed by atoms with Crippen molar-refractivity contribution >= 4 is 43.6 Å². The van der Waals surface area contributed by atoms with E-state index in [-0.39, 0.29) is 5.41 Å². The van der Waals surface area contributed by atoms with Gasteiger partial charge in [0, 0.05) is 62.1 Å². The summed E-state index contributed by atoms with van der Waals surface area (Å²) in [6.45, 7) is 2.17. The Balaban J connectivity index is 0.863. The Morgan fingerprint density at radius 1 is 0.314 bits per heavy atom. The van der Waals surface area contributed by atoms with Crippen molar-refractivity contribution in [1.82, 2.24) is 9.13 Å². The lowest BCUT2D eigenvalue weighted by Crippen LogP contribution is -2.25. The van der Waals surface area contributed by atoms with Crippen LogP contribution in [0.1, 0.15) is 75.3 Å². The molecule has 0 fully saturated rings. The van der Waals surface area contributed by atoms with Gasteiger partial charge >= 0.3 is 0 Å². The van der Waals surface area contributed by atoms with Crippen LogP contribution in [0.15, 0.2) is 146 Å². The van der Waals surface area contributed by atoms with Crippen LogP contribution < -0.4 is 0 Å². The zero-order chi connectivity index (χ0) is 34.0. The molecule has 51 heavy (non-hydrogen) atoms. The number of fused-ring (bicyclic) bond motifs is 9. The van der Waals surface area contributed by atoms with E-state index in [2.05, 4.69) is 155 Å². The van der Waals surface area contributed by atoms with Gasteiger partial charge in [-0.3, -0.25) is 0 Å². The molecule has 0 saturated heterocycles. The molecule has 2 aromatic heterocycles. The molecule has 2 heteroatoms. The molecular weight excluding hydrogens is 617 g/mol. The normalized spacial score (nSPS) is 13.4. The second-order valence-electron chi connectivity index (χ2n) is 14.9. The molecule has 1 aliphatic carbocycles. The van der Waals surface area contributed by atoms with Crippen LogP contribution in [0.3, 0.4) is 0 Å². The highest BCUT2D eigenvalue weighted by molar-refractivity contribution is 6.08. The first-order chi connectivity index (χ1) is 25.3. The maximum atomic E-state index is 2.55. The molecule has 0 aliphatic heterocycles. The van der Waals surface area contributed by atoms with E-state index in [9.17, 15) is 0 Å². The SMILES string of the molecule is c1ccc2c(c1)-c1ccccc1C2(CCCCCCn1c2ccccc2c2ccccc21)CCCCCCn1c2ccccc2c2ccccc21. The molecule has 0 unspecified atom stereocenters. The first-order valence-corrected chi connectivity index (χ1v) is 19.4. The Kier molecular flexibility index (Phi) is 8.69. The summed E-state index contributed by atoms with van der Waals surface area (Å²) in [7, 11) is 0. The van der Waals surface area contributed by atoms with Crippen molar-refractivity contribution in [3.05, 3.63) is 157 Å². The summed E-state index contributed by atoms with van der Waals surface area (Å²) in [4.78, 5) is 0. The number of aromatic nitrogens is 2. The van der Waals surface area contributed by atoms with Gasteiger partial charge in [0.05, 0.1) is 0 Å². The Bertz CT molecular complexity index is 2180. The van der Waals surface area contributed by atoms with E-state index in [0.717, 1.165) is 13.1 Å². The monoisotopic (exact) mass is 664 g/mol. The molecule has 2 nitrogen and oxygen atoms in total. The van der Waals surface area contributed by atoms with E-state index in [1.54, 1.807) is 11.1 Å². The summed E-state index contributed by atoms with van der Waals surface area (Å²) >= 11 is 0. The number of hydrogen-bond donors (Lipinski definition) is 0. The average molecular weight is 665 g/mol. The van der Waals surface area contributed by atoms with E-state index in [4.69, 9.17) is 0 Å². The van der Waals surface area contributed by atoms with Gasteiger partial charge in [0.15, 0.2) is 0 Å². The molecule has 9 rings (SSSR count). The van der Waals surface area contributed by atoms with Gasteiger partial charge in [-0.15, -0.1) is 0 Å². The lowest BCUT2D eigenvalue weighted by molar-refractivity contribution is 0.397. The second kappa shape index (κ2) is 13.9. The summed E-state index contributed by atoms with van der Waals surface area (Å²) in [5, 5.41) is 5.50. The number of benzene rings is 6. The Morgan fingerprint density at radius 3 is 1.02 bits per heavy atom. The standard InChI is InChI=1S/C49H48N2/c1(3-19-35-50-45-29-13-7-23-39(45)40-24-8-14-30-46(40)50)17-33-49(43-27-11-5-21-37(43)38-22-6-12-28-44(38)49)34-18-2-4-20-36-51-47-31-15-9-25-41(47)42-26-10-16-32-48(42)51/h5-16,21-32H,1-4,17-20,33-36H2. The van der Waals surface area contributed by atoms with E-state index in [0.29, 0.717) is 0 Å². The van der Waals surface area contributed by atoms with Gasteiger partial charge in [0.2, 0.25) is 0 Å². The van der Waals surface area contributed by atoms with E-state index >= 15 is 0 Å². The minimum atomic E-state index is 0.118. The zero-order valence-corrected chi connectivity index (χ0v) is 29.7. The van der Waals surface area contributed by atoms with Gasteiger partial charge in [0.1, 0.15) is 0 Å². The largest absolute Gasteiger partial charge is 0.340 e. The van der Waals surface area contributed by atoms with Gasteiger partial charge in [-0.1, -0.05) is 160 Å². The molecule has 0 N–H and O–H groups in total. The minimum absolute atomic E-state index is 0.118. The van der Waals surface area contributed by atoms with Crippen LogP contribution in [0.5, 0.6) is 0 Å². The van der Waals surface area contributed by atoms with Gasteiger partial charge in [0.25, 0.3) is 0 Å². The third-order valence-corrected chi connectivity index (χ3v) is 12.0. The van der Waals surface area contributed by atoms with E-state index in [1.165, 1.54) is 119 Å². The number of hydrogen-bond acceptors (Lipinski definition) is 0. The second-order valence-corrected chi connectivity index (χ2v) is 14.9. The fourth-order valence-corrected chi connectivity index (χ4v) is 9.67. The maximum Gasteiger partial charge on any atom is 0.0491 e. The zero-order valence-electron chi connectivity index (χ0n) is 29.7. The molecule has 0 bridgehead atoms. The number of rotatable bonds is 14. The van der Waals surface area contributed by atoms with Crippen LogP contribution in [0.25, 0.3) is 54.7 Å². The topological polar surface area (TPSA) is 9.86 Å². The van der Waals surface area contributed by atoms with Crippen LogP contribution in [0, 0.1) is 0 Å². The Labute approximate surface area is 302 Å². The highest BCUT2D eigenvalue weighted by atomic mass is 15.0. The van der Waals surface area contributed by atoms with Crippen molar-refractivity contribution in [1.29, 1.82) is 0 Å². The van der Waals surface area contributed by atoms with Crippen LogP contribution >= 0.6 is 0 Å².